The van der Waals surface area contributed by atoms with Crippen molar-refractivity contribution >= 4 is 30.0 Å². The highest BCUT2D eigenvalue weighted by molar-refractivity contribution is 6.04. The van der Waals surface area contributed by atoms with Gasteiger partial charge < -0.3 is 20.0 Å². The average Bonchev–Trinajstić information content (AvgIpc) is 3.29. The summed E-state index contributed by atoms with van der Waals surface area (Å²) >= 11 is 0. The maximum Gasteiger partial charge on any atom is 0.315 e. The number of nitrogens with zero attached hydrogens (tertiary/aromatic N) is 3. The molecule has 7 nitrogen and oxygen atoms in total. The van der Waals surface area contributed by atoms with Crippen LogP contribution in [0.25, 0.3) is 11.5 Å². The molecule has 0 aliphatic carbocycles. The largest absolute Gasteiger partial charge is 0.403 e. The Kier molecular flexibility index (Phi) is 8.73. The molecule has 33 heavy (non-hydrogen) atoms. The number of anilines is 2. The van der Waals surface area contributed by atoms with Gasteiger partial charge in [-0.05, 0) is 75.3 Å². The van der Waals surface area contributed by atoms with E-state index in [9.17, 15) is 13.6 Å². The number of rotatable bonds is 8. The zero-order valence-corrected chi connectivity index (χ0v) is 18.8. The van der Waals surface area contributed by atoms with Crippen molar-refractivity contribution in [1.29, 1.82) is 0 Å². The van der Waals surface area contributed by atoms with E-state index < -0.39 is 17.5 Å². The van der Waals surface area contributed by atoms with Crippen LogP contribution >= 0.6 is 12.4 Å². The third-order valence-electron chi connectivity index (χ3n) is 5.39. The quantitative estimate of drug-likeness (QED) is 0.445. The Morgan fingerprint density at radius 3 is 2.55 bits per heavy atom. The van der Waals surface area contributed by atoms with Crippen molar-refractivity contribution in [3.63, 3.8) is 0 Å². The second-order valence-electron chi connectivity index (χ2n) is 7.73. The molecule has 3 aromatic rings. The van der Waals surface area contributed by atoms with Crippen molar-refractivity contribution in [2.45, 2.75) is 25.7 Å². The van der Waals surface area contributed by atoms with E-state index in [1.54, 1.807) is 24.3 Å². The molecule has 4 rings (SSSR count). The molecule has 0 atom stereocenters. The van der Waals surface area contributed by atoms with Gasteiger partial charge in [-0.25, -0.2) is 8.78 Å². The van der Waals surface area contributed by atoms with Gasteiger partial charge in [-0.2, -0.15) is 0 Å². The summed E-state index contributed by atoms with van der Waals surface area (Å²) in [5, 5.41) is 13.8. The summed E-state index contributed by atoms with van der Waals surface area (Å²) in [7, 11) is 0. The van der Waals surface area contributed by atoms with Crippen LogP contribution in [-0.2, 0) is 0 Å². The van der Waals surface area contributed by atoms with Gasteiger partial charge in [0.05, 0.1) is 5.56 Å². The smallest absolute Gasteiger partial charge is 0.315 e. The van der Waals surface area contributed by atoms with E-state index in [4.69, 9.17) is 4.42 Å². The summed E-state index contributed by atoms with van der Waals surface area (Å²) in [4.78, 5) is 14.7. The summed E-state index contributed by atoms with van der Waals surface area (Å²) in [6.45, 7) is 4.16. The van der Waals surface area contributed by atoms with Gasteiger partial charge in [0, 0.05) is 17.8 Å². The van der Waals surface area contributed by atoms with Crippen molar-refractivity contribution in [3.8, 4) is 11.5 Å². The monoisotopic (exact) mass is 477 g/mol. The molecule has 176 valence electrons. The molecule has 1 aliphatic rings. The Labute approximate surface area is 197 Å². The number of hydrogen-bond donors (Lipinski definition) is 2. The van der Waals surface area contributed by atoms with Crippen LogP contribution in [0.2, 0.25) is 0 Å². The third-order valence-corrected chi connectivity index (χ3v) is 5.39. The summed E-state index contributed by atoms with van der Waals surface area (Å²) < 4.78 is 32.8. The van der Waals surface area contributed by atoms with Gasteiger partial charge in [0.25, 0.3) is 5.91 Å². The zero-order chi connectivity index (χ0) is 22.3. The average molecular weight is 478 g/mol. The van der Waals surface area contributed by atoms with E-state index in [-0.39, 0.29) is 18.0 Å². The normalized spacial score (nSPS) is 13.9. The number of carbonyl (C=O) groups excluding carboxylic acids is 1. The lowest BCUT2D eigenvalue weighted by Gasteiger charge is -2.26. The van der Waals surface area contributed by atoms with E-state index >= 15 is 0 Å². The summed E-state index contributed by atoms with van der Waals surface area (Å²) in [6, 6.07) is 10.5. The maximum absolute atomic E-state index is 13.8. The van der Waals surface area contributed by atoms with Gasteiger partial charge in [0.15, 0.2) is 11.6 Å². The van der Waals surface area contributed by atoms with E-state index in [2.05, 4.69) is 25.7 Å². The third kappa shape index (κ3) is 6.49. The van der Waals surface area contributed by atoms with Crippen molar-refractivity contribution in [1.82, 2.24) is 15.1 Å². The first-order valence-corrected chi connectivity index (χ1v) is 10.8. The number of benzene rings is 2. The molecular weight excluding hydrogens is 452 g/mol. The van der Waals surface area contributed by atoms with Crippen LogP contribution in [0, 0.1) is 11.6 Å². The fourth-order valence-corrected chi connectivity index (χ4v) is 3.67. The first kappa shape index (κ1) is 24.6. The molecular formula is C23H26ClF2N5O2. The first-order chi connectivity index (χ1) is 15.6. The van der Waals surface area contributed by atoms with Crippen LogP contribution < -0.4 is 10.6 Å². The van der Waals surface area contributed by atoms with Crippen LogP contribution in [-0.4, -0.2) is 47.2 Å². The highest BCUT2D eigenvalue weighted by atomic mass is 35.5. The van der Waals surface area contributed by atoms with E-state index in [0.29, 0.717) is 23.2 Å². The molecule has 2 N–H and O–H groups in total. The Morgan fingerprint density at radius 1 is 1.03 bits per heavy atom. The molecule has 2 aromatic carbocycles. The van der Waals surface area contributed by atoms with Crippen molar-refractivity contribution < 1.29 is 18.0 Å². The van der Waals surface area contributed by atoms with E-state index in [1.165, 1.54) is 44.5 Å². The fourth-order valence-electron chi connectivity index (χ4n) is 3.67. The first-order valence-electron chi connectivity index (χ1n) is 10.8. The van der Waals surface area contributed by atoms with Crippen LogP contribution in [0.3, 0.4) is 0 Å². The number of likely N-dealkylation sites (tertiary alicyclic amines) is 1. The van der Waals surface area contributed by atoms with Crippen LogP contribution in [0.15, 0.2) is 46.9 Å². The molecule has 1 aliphatic heterocycles. The zero-order valence-electron chi connectivity index (χ0n) is 18.0. The number of hydrogen-bond acceptors (Lipinski definition) is 6. The van der Waals surface area contributed by atoms with Crippen molar-refractivity contribution in [3.05, 3.63) is 59.7 Å². The molecule has 0 spiro atoms. The number of carbonyl (C=O) groups is 1. The second kappa shape index (κ2) is 11.7. The molecule has 1 fully saturated rings. The highest BCUT2D eigenvalue weighted by Crippen LogP contribution is 2.22. The lowest BCUT2D eigenvalue weighted by atomic mass is 10.1. The molecule has 0 bridgehead atoms. The van der Waals surface area contributed by atoms with Gasteiger partial charge in [-0.3, -0.25) is 4.79 Å². The van der Waals surface area contributed by atoms with Crippen LogP contribution in [0.1, 0.15) is 36.0 Å². The topological polar surface area (TPSA) is 83.3 Å². The highest BCUT2D eigenvalue weighted by Gasteiger charge is 2.16. The summed E-state index contributed by atoms with van der Waals surface area (Å²) in [6.07, 6.45) is 4.89. The maximum atomic E-state index is 13.8. The van der Waals surface area contributed by atoms with E-state index in [0.717, 1.165) is 25.6 Å². The SMILES string of the molecule is Cl.O=C(Nc1ccc(-c2nnc(NCCCN3CCCCC3)o2)cc1)c1cccc(F)c1F. The number of piperidine rings is 1. The number of amides is 1. The van der Waals surface area contributed by atoms with Gasteiger partial charge in [-0.15, -0.1) is 17.5 Å². The van der Waals surface area contributed by atoms with Crippen molar-refractivity contribution in [2.24, 2.45) is 0 Å². The second-order valence-corrected chi connectivity index (χ2v) is 7.73. The number of halogens is 3. The lowest BCUT2D eigenvalue weighted by molar-refractivity contribution is 0.102. The van der Waals surface area contributed by atoms with Crippen molar-refractivity contribution in [2.75, 3.05) is 36.8 Å². The lowest BCUT2D eigenvalue weighted by Crippen LogP contribution is -2.31. The molecule has 1 amide bonds. The predicted molar refractivity (Wildman–Crippen MR) is 125 cm³/mol. The minimum absolute atomic E-state index is 0. The van der Waals surface area contributed by atoms with Crippen LogP contribution in [0.5, 0.6) is 0 Å². The molecule has 1 saturated heterocycles. The number of nitrogens with one attached hydrogen (secondary N) is 2. The number of aromatic nitrogens is 2. The standard InChI is InChI=1S/C23H25F2N5O2.ClH/c24-19-7-4-6-18(20(19)25)21(31)27-17-10-8-16(9-11-17)22-28-29-23(32-22)26-12-5-15-30-13-2-1-3-14-30;/h4,6-11H,1-3,5,12-15H2,(H,26,29)(H,27,31);1H. The Hall–Kier alpha value is -3.04. The molecule has 0 saturated carbocycles. The Bertz CT molecular complexity index is 1060. The van der Waals surface area contributed by atoms with Crippen LogP contribution in [0.4, 0.5) is 20.5 Å². The van der Waals surface area contributed by atoms with Gasteiger partial charge in [0.2, 0.25) is 5.89 Å². The minimum Gasteiger partial charge on any atom is -0.403 e. The minimum atomic E-state index is -1.18. The predicted octanol–water partition coefficient (Wildman–Crippen LogP) is 4.98. The van der Waals surface area contributed by atoms with E-state index in [1.807, 2.05) is 0 Å². The molecule has 0 unspecified atom stereocenters. The fraction of sp³-hybridized carbons (Fsp3) is 0.348. The molecule has 0 radical (unpaired) electrons. The molecule has 1 aromatic heterocycles. The summed E-state index contributed by atoms with van der Waals surface area (Å²) in [5.41, 5.74) is 0.744. The summed E-state index contributed by atoms with van der Waals surface area (Å²) in [5.74, 6) is -2.63. The van der Waals surface area contributed by atoms with Gasteiger partial charge in [-0.1, -0.05) is 17.6 Å². The van der Waals surface area contributed by atoms with Gasteiger partial charge >= 0.3 is 6.01 Å². The Morgan fingerprint density at radius 2 is 1.79 bits per heavy atom. The Balaban J connectivity index is 0.00000306. The molecule has 2 heterocycles. The molecule has 10 heteroatoms. The van der Waals surface area contributed by atoms with Gasteiger partial charge in [0.1, 0.15) is 0 Å².